The fourth-order valence-electron chi connectivity index (χ4n) is 8.92. The summed E-state index contributed by atoms with van der Waals surface area (Å²) in [6.07, 6.45) is 0. The summed E-state index contributed by atoms with van der Waals surface area (Å²) in [4.78, 5) is 5.16. The Balaban J connectivity index is 1.01. The third-order valence-corrected chi connectivity index (χ3v) is 11.4. The van der Waals surface area contributed by atoms with E-state index in [0.29, 0.717) is 0 Å². The van der Waals surface area contributed by atoms with E-state index in [9.17, 15) is 0 Å². The van der Waals surface area contributed by atoms with E-state index in [1.54, 1.807) is 0 Å². The smallest absolute Gasteiger partial charge is 0.0722 e. The zero-order valence-electron chi connectivity index (χ0n) is 27.9. The first kappa shape index (κ1) is 27.7. The van der Waals surface area contributed by atoms with Gasteiger partial charge in [-0.2, -0.15) is 0 Å². The fourth-order valence-corrected chi connectivity index (χ4v) is 8.92. The average Bonchev–Trinajstić information content (AvgIpc) is 3.75. The van der Waals surface area contributed by atoms with Crippen LogP contribution in [-0.4, -0.2) is 9.55 Å². The Morgan fingerprint density at radius 1 is 0.440 bits per heavy atom. The number of pyridine rings is 1. The molecule has 0 aliphatic heterocycles. The molecule has 0 saturated carbocycles. The van der Waals surface area contributed by atoms with Crippen molar-refractivity contribution < 1.29 is 0 Å². The van der Waals surface area contributed by atoms with Crippen LogP contribution in [0.15, 0.2) is 158 Å². The van der Waals surface area contributed by atoms with Crippen molar-refractivity contribution in [3.05, 3.63) is 169 Å². The van der Waals surface area contributed by atoms with E-state index in [1.165, 1.54) is 82.8 Å². The fraction of sp³-hybridized carbons (Fsp3) is 0.0625. The van der Waals surface area contributed by atoms with Crippen LogP contribution in [0.2, 0.25) is 0 Å². The lowest BCUT2D eigenvalue weighted by molar-refractivity contribution is 0.660. The molecule has 0 unspecified atom stereocenters. The molecule has 9 aromatic rings. The molecule has 0 fully saturated rings. The van der Waals surface area contributed by atoms with Crippen molar-refractivity contribution in [2.24, 2.45) is 0 Å². The van der Waals surface area contributed by atoms with Crippen molar-refractivity contribution in [1.82, 2.24) is 9.55 Å². The molecule has 2 aromatic heterocycles. The van der Waals surface area contributed by atoms with Gasteiger partial charge in [-0.05, 0) is 104 Å². The summed E-state index contributed by atoms with van der Waals surface area (Å²) in [5.41, 5.74) is 19.9. The van der Waals surface area contributed by atoms with Crippen molar-refractivity contribution in [2.45, 2.75) is 19.3 Å². The molecule has 0 saturated heterocycles. The lowest BCUT2D eigenvalue weighted by Gasteiger charge is -2.22. The minimum atomic E-state index is -0.0260. The van der Waals surface area contributed by atoms with Gasteiger partial charge in [-0.3, -0.25) is 0 Å². The number of nitrogens with zero attached hydrogens (tertiary/aromatic N) is 2. The molecule has 50 heavy (non-hydrogen) atoms. The van der Waals surface area contributed by atoms with Crippen molar-refractivity contribution in [3.8, 4) is 61.5 Å². The van der Waals surface area contributed by atoms with Crippen LogP contribution in [0.1, 0.15) is 25.0 Å². The largest absolute Gasteiger partial charge is 0.309 e. The Morgan fingerprint density at radius 2 is 1.08 bits per heavy atom. The molecule has 11 rings (SSSR count). The third kappa shape index (κ3) is 3.71. The van der Waals surface area contributed by atoms with E-state index < -0.39 is 0 Å². The van der Waals surface area contributed by atoms with E-state index in [4.69, 9.17) is 4.98 Å². The van der Waals surface area contributed by atoms with Gasteiger partial charge in [-0.25, -0.2) is 4.98 Å². The molecule has 0 spiro atoms. The van der Waals surface area contributed by atoms with Crippen LogP contribution >= 0.6 is 0 Å². The van der Waals surface area contributed by atoms with E-state index in [2.05, 4.69) is 176 Å². The Labute approximate surface area is 290 Å². The summed E-state index contributed by atoms with van der Waals surface area (Å²) in [7, 11) is 0. The van der Waals surface area contributed by atoms with E-state index in [1.807, 2.05) is 0 Å². The third-order valence-electron chi connectivity index (χ3n) is 11.4. The summed E-state index contributed by atoms with van der Waals surface area (Å²) in [5, 5.41) is 3.78. The molecule has 2 heterocycles. The van der Waals surface area contributed by atoms with Gasteiger partial charge in [0.25, 0.3) is 0 Å². The molecule has 2 nitrogen and oxygen atoms in total. The van der Waals surface area contributed by atoms with Gasteiger partial charge in [-0.1, -0.05) is 123 Å². The Hall–Kier alpha value is -6.25. The monoisotopic (exact) mass is 636 g/mol. The SMILES string of the molecule is CC1(C)c2ccccc2-c2ccc(-c3ccc4c(c3)c3ccccc3n4-c3ccc(-c4cc5c6c(cccc6n4)-c4ccccc4-5)cc3)cc21. The van der Waals surface area contributed by atoms with Crippen molar-refractivity contribution in [1.29, 1.82) is 0 Å². The van der Waals surface area contributed by atoms with E-state index in [-0.39, 0.29) is 5.41 Å². The second-order valence-corrected chi connectivity index (χ2v) is 14.4. The number of hydrogen-bond acceptors (Lipinski definition) is 1. The van der Waals surface area contributed by atoms with Crippen molar-refractivity contribution in [3.63, 3.8) is 0 Å². The van der Waals surface area contributed by atoms with Gasteiger partial charge in [0.1, 0.15) is 0 Å². The zero-order valence-corrected chi connectivity index (χ0v) is 27.9. The number of aromatic nitrogens is 2. The molecule has 0 N–H and O–H groups in total. The highest BCUT2D eigenvalue weighted by atomic mass is 15.0. The molecule has 2 heteroatoms. The maximum absolute atomic E-state index is 5.16. The minimum absolute atomic E-state index is 0.0260. The number of hydrogen-bond donors (Lipinski definition) is 0. The number of fused-ring (bicyclic) bond motifs is 9. The first-order chi connectivity index (χ1) is 24.5. The standard InChI is InChI=1S/C48H32N2/c1-48(2)41-15-7-5-12-35(41)36-24-20-31(27-42(36)48)30-21-25-46-39(26-30)37-13-6-8-17-45(37)50(46)32-22-18-29(19-23-32)44-28-40-34-11-4-3-10-33(34)38-14-9-16-43(49-44)47(38)40/h3-28H,1-2H3. The Bertz CT molecular complexity index is 2890. The second-order valence-electron chi connectivity index (χ2n) is 14.4. The molecular formula is C48H32N2. The topological polar surface area (TPSA) is 17.8 Å². The lowest BCUT2D eigenvalue weighted by Crippen LogP contribution is -2.14. The van der Waals surface area contributed by atoms with E-state index >= 15 is 0 Å². The van der Waals surface area contributed by atoms with Crippen LogP contribution in [-0.2, 0) is 5.41 Å². The van der Waals surface area contributed by atoms with Crippen LogP contribution in [0.3, 0.4) is 0 Å². The highest BCUT2D eigenvalue weighted by Gasteiger charge is 2.35. The molecule has 0 radical (unpaired) electrons. The van der Waals surface area contributed by atoms with E-state index in [0.717, 1.165) is 22.5 Å². The van der Waals surface area contributed by atoms with Gasteiger partial charge >= 0.3 is 0 Å². The first-order valence-corrected chi connectivity index (χ1v) is 17.5. The molecule has 2 aliphatic rings. The Kier molecular flexibility index (Phi) is 5.48. The van der Waals surface area contributed by atoms with Gasteiger partial charge in [-0.15, -0.1) is 0 Å². The highest BCUT2D eigenvalue weighted by molar-refractivity contribution is 6.15. The Morgan fingerprint density at radius 3 is 1.94 bits per heavy atom. The summed E-state index contributed by atoms with van der Waals surface area (Å²) in [6.45, 7) is 4.70. The number of para-hydroxylation sites is 1. The van der Waals surface area contributed by atoms with Crippen molar-refractivity contribution in [2.75, 3.05) is 0 Å². The molecule has 234 valence electrons. The molecule has 0 bridgehead atoms. The van der Waals surface area contributed by atoms with Crippen LogP contribution in [0, 0.1) is 0 Å². The van der Waals surface area contributed by atoms with Crippen LogP contribution in [0.4, 0.5) is 0 Å². The summed E-state index contributed by atoms with van der Waals surface area (Å²) in [6, 6.07) is 58.0. The molecule has 0 atom stereocenters. The average molecular weight is 637 g/mol. The van der Waals surface area contributed by atoms with Crippen LogP contribution in [0.5, 0.6) is 0 Å². The summed E-state index contributed by atoms with van der Waals surface area (Å²) < 4.78 is 2.40. The second kappa shape index (κ2) is 9.90. The van der Waals surface area contributed by atoms with Gasteiger partial charge < -0.3 is 4.57 Å². The first-order valence-electron chi connectivity index (χ1n) is 17.5. The predicted molar refractivity (Wildman–Crippen MR) is 209 cm³/mol. The summed E-state index contributed by atoms with van der Waals surface area (Å²) in [5.74, 6) is 0. The maximum Gasteiger partial charge on any atom is 0.0722 e. The maximum atomic E-state index is 5.16. The quantitative estimate of drug-likeness (QED) is 0.189. The van der Waals surface area contributed by atoms with Gasteiger partial charge in [0.2, 0.25) is 0 Å². The molecule has 0 amide bonds. The van der Waals surface area contributed by atoms with Crippen molar-refractivity contribution >= 4 is 32.7 Å². The normalized spacial score (nSPS) is 13.6. The van der Waals surface area contributed by atoms with Gasteiger partial charge in [0.15, 0.2) is 0 Å². The predicted octanol–water partition coefficient (Wildman–Crippen LogP) is 12.6. The van der Waals surface area contributed by atoms with Gasteiger partial charge in [0, 0.05) is 32.8 Å². The zero-order chi connectivity index (χ0) is 33.1. The van der Waals surface area contributed by atoms with Gasteiger partial charge in [0.05, 0.1) is 22.2 Å². The number of rotatable bonds is 3. The van der Waals surface area contributed by atoms with Crippen LogP contribution in [0.25, 0.3) is 94.2 Å². The number of benzene rings is 7. The minimum Gasteiger partial charge on any atom is -0.309 e. The molecular weight excluding hydrogens is 605 g/mol. The highest BCUT2D eigenvalue weighted by Crippen LogP contribution is 2.50. The lowest BCUT2D eigenvalue weighted by atomic mass is 9.81. The van der Waals surface area contributed by atoms with Crippen LogP contribution < -0.4 is 0 Å². The molecule has 7 aromatic carbocycles. The summed E-state index contributed by atoms with van der Waals surface area (Å²) >= 11 is 0. The molecule has 2 aliphatic carbocycles.